The molecule has 23 heavy (non-hydrogen) atoms. The average molecular weight is 348 g/mol. The Bertz CT molecular complexity index is 721. The first-order valence-corrected chi connectivity index (χ1v) is 8.79. The number of unbranched alkanes of at least 4 members (excludes halogenated alkanes) is 1. The number of aliphatic imine (C=N–C) groups is 1. The van der Waals surface area contributed by atoms with Crippen LogP contribution in [0.3, 0.4) is 0 Å². The minimum atomic E-state index is -0.306. The van der Waals surface area contributed by atoms with Crippen molar-refractivity contribution in [1.29, 1.82) is 0 Å². The highest BCUT2D eigenvalue weighted by molar-refractivity contribution is 8.09. The summed E-state index contributed by atoms with van der Waals surface area (Å²) in [5, 5.41) is 5.01. The van der Waals surface area contributed by atoms with Gasteiger partial charge in [0, 0.05) is 9.93 Å². The third-order valence-electron chi connectivity index (χ3n) is 3.53. The Morgan fingerprint density at radius 3 is 2.74 bits per heavy atom. The second kappa shape index (κ2) is 7.29. The Morgan fingerprint density at radius 2 is 2.09 bits per heavy atom. The summed E-state index contributed by atoms with van der Waals surface area (Å²) < 4.78 is 1.78. The molecule has 0 saturated carbocycles. The van der Waals surface area contributed by atoms with E-state index >= 15 is 0 Å². The van der Waals surface area contributed by atoms with E-state index < -0.39 is 0 Å². The highest BCUT2D eigenvalue weighted by Gasteiger charge is 2.25. The molecule has 0 fully saturated rings. The number of nitrogens with zero attached hydrogens (tertiary/aromatic N) is 4. The van der Waals surface area contributed by atoms with Crippen molar-refractivity contribution in [2.75, 3.05) is 0 Å². The summed E-state index contributed by atoms with van der Waals surface area (Å²) in [7, 11) is 0. The normalized spacial score (nSPS) is 18.2. The van der Waals surface area contributed by atoms with E-state index in [-0.39, 0.29) is 5.50 Å². The lowest BCUT2D eigenvalue weighted by molar-refractivity contribution is 0.820. The van der Waals surface area contributed by atoms with Crippen LogP contribution in [0.15, 0.2) is 41.9 Å². The zero-order valence-corrected chi connectivity index (χ0v) is 14.4. The number of benzene rings is 1. The van der Waals surface area contributed by atoms with E-state index in [4.69, 9.17) is 17.3 Å². The summed E-state index contributed by atoms with van der Waals surface area (Å²) in [6.45, 7) is 2.16. The molecular formula is C16H18ClN5S. The number of hydrogen-bond donors (Lipinski definition) is 1. The molecule has 1 aliphatic rings. The van der Waals surface area contributed by atoms with Crippen LogP contribution in [-0.4, -0.2) is 26.0 Å². The molecule has 0 amide bonds. The molecule has 0 bridgehead atoms. The number of allylic oxidation sites excluding steroid dienone is 1. The molecule has 120 valence electrons. The number of halogens is 1. The Balaban J connectivity index is 2.11. The van der Waals surface area contributed by atoms with Gasteiger partial charge >= 0.3 is 0 Å². The second-order valence-electron chi connectivity index (χ2n) is 5.21. The van der Waals surface area contributed by atoms with Gasteiger partial charge in [-0.25, -0.2) is 9.67 Å². The van der Waals surface area contributed by atoms with Gasteiger partial charge in [0.1, 0.15) is 23.8 Å². The predicted octanol–water partition coefficient (Wildman–Crippen LogP) is 3.88. The lowest BCUT2D eigenvalue weighted by Crippen LogP contribution is -2.23. The number of rotatable bonds is 5. The summed E-state index contributed by atoms with van der Waals surface area (Å²) in [6, 6.07) is 7.76. The third kappa shape index (κ3) is 3.65. The van der Waals surface area contributed by atoms with E-state index in [0.717, 1.165) is 41.1 Å². The van der Waals surface area contributed by atoms with Crippen molar-refractivity contribution >= 4 is 39.7 Å². The van der Waals surface area contributed by atoms with Crippen LogP contribution in [-0.2, 0) is 0 Å². The first kappa shape index (κ1) is 16.2. The average Bonchev–Trinajstić information content (AvgIpc) is 3.07. The standard InChI is InChI=1S/C16H18ClN5S/c1-2-3-4-13-14(22-10-19-9-20-22)15(23-16(18)21-13)11-5-7-12(17)8-6-11/h5-10,16H,2-4,18H2,1H3. The number of hydrogen-bond acceptors (Lipinski definition) is 5. The predicted molar refractivity (Wildman–Crippen MR) is 97.1 cm³/mol. The van der Waals surface area contributed by atoms with Gasteiger partial charge in [-0.3, -0.25) is 4.99 Å². The van der Waals surface area contributed by atoms with Crippen LogP contribution < -0.4 is 5.73 Å². The smallest absolute Gasteiger partial charge is 0.149 e. The SMILES string of the molecule is CCCCC1=NC(N)SC(c2ccc(Cl)cc2)=C1n1cncn1. The van der Waals surface area contributed by atoms with Gasteiger partial charge in [-0.05, 0) is 30.5 Å². The minimum Gasteiger partial charge on any atom is -0.301 e. The van der Waals surface area contributed by atoms with Crippen molar-refractivity contribution in [3.05, 3.63) is 47.5 Å². The van der Waals surface area contributed by atoms with E-state index in [1.807, 2.05) is 24.3 Å². The van der Waals surface area contributed by atoms with Crippen LogP contribution in [0.2, 0.25) is 5.02 Å². The topological polar surface area (TPSA) is 69.1 Å². The highest BCUT2D eigenvalue weighted by atomic mass is 35.5. The van der Waals surface area contributed by atoms with Crippen molar-refractivity contribution in [3.8, 4) is 0 Å². The lowest BCUT2D eigenvalue weighted by Gasteiger charge is -2.24. The monoisotopic (exact) mass is 347 g/mol. The van der Waals surface area contributed by atoms with Crippen molar-refractivity contribution in [2.45, 2.75) is 31.7 Å². The van der Waals surface area contributed by atoms with Gasteiger partial charge in [0.15, 0.2) is 0 Å². The maximum atomic E-state index is 6.14. The van der Waals surface area contributed by atoms with Gasteiger partial charge in [-0.15, -0.1) is 0 Å². The van der Waals surface area contributed by atoms with Crippen LogP contribution in [0.1, 0.15) is 31.7 Å². The highest BCUT2D eigenvalue weighted by Crippen LogP contribution is 2.39. The van der Waals surface area contributed by atoms with Crippen LogP contribution in [0, 0.1) is 0 Å². The van der Waals surface area contributed by atoms with Gasteiger partial charge in [0.05, 0.1) is 5.71 Å². The number of thioether (sulfide) groups is 1. The summed E-state index contributed by atoms with van der Waals surface area (Å²) in [4.78, 5) is 9.77. The fourth-order valence-electron chi connectivity index (χ4n) is 2.44. The third-order valence-corrected chi connectivity index (χ3v) is 4.80. The molecule has 1 aliphatic heterocycles. The quantitative estimate of drug-likeness (QED) is 0.891. The van der Waals surface area contributed by atoms with Crippen LogP contribution >= 0.6 is 23.4 Å². The molecule has 0 spiro atoms. The van der Waals surface area contributed by atoms with E-state index in [0.29, 0.717) is 5.02 Å². The maximum Gasteiger partial charge on any atom is 0.149 e. The van der Waals surface area contributed by atoms with Crippen LogP contribution in [0.4, 0.5) is 0 Å². The largest absolute Gasteiger partial charge is 0.301 e. The first-order valence-electron chi connectivity index (χ1n) is 7.53. The van der Waals surface area contributed by atoms with Gasteiger partial charge in [0.2, 0.25) is 0 Å². The van der Waals surface area contributed by atoms with Crippen LogP contribution in [0.5, 0.6) is 0 Å². The molecule has 1 aromatic carbocycles. The maximum absolute atomic E-state index is 6.14. The Labute approximate surface area is 144 Å². The van der Waals surface area contributed by atoms with Gasteiger partial charge in [0.25, 0.3) is 0 Å². The van der Waals surface area contributed by atoms with E-state index in [2.05, 4.69) is 22.0 Å². The summed E-state index contributed by atoms with van der Waals surface area (Å²) >= 11 is 7.54. The molecule has 0 aliphatic carbocycles. The van der Waals surface area contributed by atoms with Gasteiger partial charge in [-0.2, -0.15) is 5.10 Å². The zero-order chi connectivity index (χ0) is 16.2. The molecule has 0 radical (unpaired) electrons. The van der Waals surface area contributed by atoms with E-state index in [1.165, 1.54) is 18.1 Å². The Kier molecular flexibility index (Phi) is 5.15. The molecule has 0 saturated heterocycles. The summed E-state index contributed by atoms with van der Waals surface area (Å²) in [5.41, 5.74) is 8.84. The first-order chi connectivity index (χ1) is 11.2. The van der Waals surface area contributed by atoms with Crippen molar-refractivity contribution in [2.24, 2.45) is 10.7 Å². The van der Waals surface area contributed by atoms with E-state index in [1.54, 1.807) is 11.0 Å². The van der Waals surface area contributed by atoms with E-state index in [9.17, 15) is 0 Å². The molecule has 7 heteroatoms. The van der Waals surface area contributed by atoms with Crippen molar-refractivity contribution in [1.82, 2.24) is 14.8 Å². The lowest BCUT2D eigenvalue weighted by atomic mass is 10.1. The fraction of sp³-hybridized carbons (Fsp3) is 0.312. The summed E-state index contributed by atoms with van der Waals surface area (Å²) in [6.07, 6.45) is 6.26. The molecule has 1 aromatic heterocycles. The molecule has 3 rings (SSSR count). The number of nitrogens with two attached hydrogens (primary N) is 1. The second-order valence-corrected chi connectivity index (χ2v) is 6.78. The zero-order valence-electron chi connectivity index (χ0n) is 12.8. The Morgan fingerprint density at radius 1 is 1.30 bits per heavy atom. The molecule has 2 aromatic rings. The van der Waals surface area contributed by atoms with Crippen molar-refractivity contribution < 1.29 is 0 Å². The summed E-state index contributed by atoms with van der Waals surface area (Å²) in [5.74, 6) is 0. The molecular weight excluding hydrogens is 330 g/mol. The molecule has 2 heterocycles. The van der Waals surface area contributed by atoms with Gasteiger partial charge in [-0.1, -0.05) is 48.8 Å². The molecule has 2 N–H and O–H groups in total. The number of aromatic nitrogens is 3. The molecule has 5 nitrogen and oxygen atoms in total. The van der Waals surface area contributed by atoms with Crippen LogP contribution in [0.25, 0.3) is 10.6 Å². The van der Waals surface area contributed by atoms with Gasteiger partial charge < -0.3 is 5.73 Å². The molecule has 1 atom stereocenters. The fourth-order valence-corrected chi connectivity index (χ4v) is 3.58. The minimum absolute atomic E-state index is 0.306. The van der Waals surface area contributed by atoms with Crippen molar-refractivity contribution in [3.63, 3.8) is 0 Å². The molecule has 1 unspecified atom stereocenters. The Hall–Kier alpha value is -1.63.